The Labute approximate surface area is 97.4 Å². The van der Waals surface area contributed by atoms with Gasteiger partial charge < -0.3 is 0 Å². The van der Waals surface area contributed by atoms with Crippen molar-refractivity contribution in [2.45, 2.75) is 12.8 Å². The van der Waals surface area contributed by atoms with Gasteiger partial charge >= 0.3 is 0 Å². The highest BCUT2D eigenvalue weighted by Crippen LogP contribution is 2.13. The zero-order chi connectivity index (χ0) is 11.1. The fourth-order valence-corrected chi connectivity index (χ4v) is 1.44. The summed E-state index contributed by atoms with van der Waals surface area (Å²) in [5.74, 6) is -0.270. The molecule has 1 aromatic rings. The maximum atomic E-state index is 13.4. The van der Waals surface area contributed by atoms with E-state index < -0.39 is 0 Å². The number of rotatable bonds is 4. The molecule has 78 valence electrons. The first-order chi connectivity index (χ1) is 7.27. The van der Waals surface area contributed by atoms with Crippen LogP contribution in [-0.4, -0.2) is 5.33 Å². The summed E-state index contributed by atoms with van der Waals surface area (Å²) in [6, 6.07) is 6.88. The Morgan fingerprint density at radius 3 is 2.87 bits per heavy atom. The summed E-state index contributed by atoms with van der Waals surface area (Å²) in [7, 11) is 0. The molecule has 0 heterocycles. The Hall–Kier alpha value is -1.14. The molecule has 0 aliphatic rings. The molecule has 0 saturated carbocycles. The van der Waals surface area contributed by atoms with Gasteiger partial charge in [0.05, 0.1) is 12.5 Å². The van der Waals surface area contributed by atoms with E-state index in [9.17, 15) is 4.39 Å². The maximum Gasteiger partial charge on any atom is 0.130 e. The summed E-state index contributed by atoms with van der Waals surface area (Å²) >= 11 is 3.29. The molecule has 1 aromatic carbocycles. The minimum atomic E-state index is -0.270. The molecule has 15 heavy (non-hydrogen) atoms. The van der Waals surface area contributed by atoms with Crippen LogP contribution in [0.4, 0.5) is 4.39 Å². The Morgan fingerprint density at radius 1 is 1.47 bits per heavy atom. The third-order valence-corrected chi connectivity index (χ3v) is 2.38. The summed E-state index contributed by atoms with van der Waals surface area (Å²) in [5, 5.41) is 9.33. The van der Waals surface area contributed by atoms with Crippen LogP contribution in [0.3, 0.4) is 0 Å². The Kier molecular flexibility index (Phi) is 5.06. The lowest BCUT2D eigenvalue weighted by molar-refractivity contribution is 0.623. The molecule has 0 unspecified atom stereocenters. The molecule has 0 aromatic heterocycles. The fraction of sp³-hybridized carbons (Fsp3) is 0.250. The van der Waals surface area contributed by atoms with Gasteiger partial charge in [-0.1, -0.05) is 40.2 Å². The second-order valence-electron chi connectivity index (χ2n) is 3.07. The zero-order valence-corrected chi connectivity index (χ0v) is 9.80. The van der Waals surface area contributed by atoms with E-state index >= 15 is 0 Å². The average Bonchev–Trinajstić information content (AvgIpc) is 2.22. The molecule has 0 spiro atoms. The Morgan fingerprint density at radius 2 is 2.27 bits per heavy atom. The van der Waals surface area contributed by atoms with E-state index in [1.807, 2.05) is 12.1 Å². The van der Waals surface area contributed by atoms with Gasteiger partial charge in [0, 0.05) is 10.9 Å². The third kappa shape index (κ3) is 3.85. The minimum absolute atomic E-state index is 0.252. The van der Waals surface area contributed by atoms with E-state index in [4.69, 9.17) is 5.26 Å². The Bertz CT molecular complexity index is 393. The molecule has 0 atom stereocenters. The first kappa shape index (κ1) is 11.9. The van der Waals surface area contributed by atoms with E-state index in [0.717, 1.165) is 11.8 Å². The van der Waals surface area contributed by atoms with Gasteiger partial charge in [-0.05, 0) is 18.1 Å². The number of nitriles is 1. The van der Waals surface area contributed by atoms with Crippen molar-refractivity contribution < 1.29 is 4.39 Å². The van der Waals surface area contributed by atoms with Crippen LogP contribution in [0.15, 0.2) is 24.3 Å². The first-order valence-corrected chi connectivity index (χ1v) is 5.78. The van der Waals surface area contributed by atoms with Crippen molar-refractivity contribution in [2.24, 2.45) is 0 Å². The molecule has 0 fully saturated rings. The van der Waals surface area contributed by atoms with Gasteiger partial charge in [0.2, 0.25) is 0 Å². The maximum absolute atomic E-state index is 13.4. The minimum Gasteiger partial charge on any atom is -0.206 e. The number of halogens is 2. The van der Waals surface area contributed by atoms with E-state index in [0.29, 0.717) is 11.1 Å². The fourth-order valence-electron chi connectivity index (χ4n) is 1.18. The number of hydrogen-bond acceptors (Lipinski definition) is 1. The summed E-state index contributed by atoms with van der Waals surface area (Å²) < 4.78 is 13.4. The molecule has 1 nitrogen and oxygen atoms in total. The molecule has 0 aliphatic carbocycles. The van der Waals surface area contributed by atoms with Crippen molar-refractivity contribution in [1.82, 2.24) is 0 Å². The topological polar surface area (TPSA) is 23.8 Å². The van der Waals surface area contributed by atoms with Crippen molar-refractivity contribution in [2.75, 3.05) is 5.33 Å². The smallest absolute Gasteiger partial charge is 0.130 e. The molecule has 0 bridgehead atoms. The van der Waals surface area contributed by atoms with Crippen LogP contribution in [0.25, 0.3) is 6.08 Å². The average molecular weight is 268 g/mol. The van der Waals surface area contributed by atoms with Crippen LogP contribution in [-0.2, 0) is 6.42 Å². The monoisotopic (exact) mass is 267 g/mol. The molecule has 0 radical (unpaired) electrons. The van der Waals surface area contributed by atoms with Gasteiger partial charge in [0.25, 0.3) is 0 Å². The van der Waals surface area contributed by atoms with Crippen LogP contribution >= 0.6 is 15.9 Å². The van der Waals surface area contributed by atoms with Gasteiger partial charge in [-0.15, -0.1) is 0 Å². The summed E-state index contributed by atoms with van der Waals surface area (Å²) in [5.41, 5.74) is 1.28. The molecular weight excluding hydrogens is 257 g/mol. The number of allylic oxidation sites excluding steroid dienone is 1. The lowest BCUT2D eigenvalue weighted by Gasteiger charge is -1.99. The number of alkyl halides is 1. The van der Waals surface area contributed by atoms with Gasteiger partial charge in [-0.3, -0.25) is 0 Å². The molecular formula is C12H11BrFN. The second-order valence-corrected chi connectivity index (χ2v) is 3.86. The number of benzene rings is 1. The zero-order valence-electron chi connectivity index (χ0n) is 8.21. The van der Waals surface area contributed by atoms with Crippen LogP contribution in [0.2, 0.25) is 0 Å². The quantitative estimate of drug-likeness (QED) is 0.764. The van der Waals surface area contributed by atoms with Crippen LogP contribution in [0.5, 0.6) is 0 Å². The van der Waals surface area contributed by atoms with Crippen molar-refractivity contribution in [1.29, 1.82) is 5.26 Å². The predicted octanol–water partition coefficient (Wildman–Crippen LogP) is 3.69. The molecule has 0 amide bonds. The number of nitrogens with zero attached hydrogens (tertiary/aromatic N) is 1. The largest absolute Gasteiger partial charge is 0.206 e. The molecule has 0 saturated heterocycles. The van der Waals surface area contributed by atoms with Crippen molar-refractivity contribution in [3.05, 3.63) is 41.2 Å². The van der Waals surface area contributed by atoms with E-state index in [1.165, 1.54) is 6.07 Å². The van der Waals surface area contributed by atoms with E-state index in [-0.39, 0.29) is 12.2 Å². The van der Waals surface area contributed by atoms with Gasteiger partial charge in [0.15, 0.2) is 0 Å². The van der Waals surface area contributed by atoms with E-state index in [1.54, 1.807) is 18.2 Å². The summed E-state index contributed by atoms with van der Waals surface area (Å²) in [4.78, 5) is 0. The summed E-state index contributed by atoms with van der Waals surface area (Å²) in [6.45, 7) is 0. The second kappa shape index (κ2) is 6.36. The SMILES string of the molecule is N#CCc1ccc(C=CCCBr)c(F)c1. The van der Waals surface area contributed by atoms with Gasteiger partial charge in [-0.25, -0.2) is 4.39 Å². The lowest BCUT2D eigenvalue weighted by Crippen LogP contribution is -1.87. The first-order valence-electron chi connectivity index (χ1n) is 4.66. The van der Waals surface area contributed by atoms with Crippen LogP contribution < -0.4 is 0 Å². The van der Waals surface area contributed by atoms with Crippen molar-refractivity contribution in [3.8, 4) is 6.07 Å². The highest BCUT2D eigenvalue weighted by molar-refractivity contribution is 9.09. The Balaban J connectivity index is 2.79. The number of hydrogen-bond donors (Lipinski definition) is 0. The normalized spacial score (nSPS) is 10.5. The highest BCUT2D eigenvalue weighted by Gasteiger charge is 2.00. The van der Waals surface area contributed by atoms with Gasteiger partial charge in [-0.2, -0.15) is 5.26 Å². The molecule has 0 N–H and O–H groups in total. The molecule has 1 rings (SSSR count). The van der Waals surface area contributed by atoms with Crippen LogP contribution in [0.1, 0.15) is 17.5 Å². The van der Waals surface area contributed by atoms with Gasteiger partial charge in [0.1, 0.15) is 5.82 Å². The molecule has 0 aliphatic heterocycles. The molecule has 3 heteroatoms. The lowest BCUT2D eigenvalue weighted by atomic mass is 10.1. The highest BCUT2D eigenvalue weighted by atomic mass is 79.9. The van der Waals surface area contributed by atoms with Crippen molar-refractivity contribution >= 4 is 22.0 Å². The standard InChI is InChI=1S/C12H11BrFN/c13-7-2-1-3-11-5-4-10(6-8-15)9-12(11)14/h1,3-5,9H,2,6-7H2. The third-order valence-electron chi connectivity index (χ3n) is 1.92. The van der Waals surface area contributed by atoms with Crippen molar-refractivity contribution in [3.63, 3.8) is 0 Å². The summed E-state index contributed by atoms with van der Waals surface area (Å²) in [6.07, 6.45) is 4.80. The predicted molar refractivity (Wildman–Crippen MR) is 63.2 cm³/mol. The van der Waals surface area contributed by atoms with E-state index in [2.05, 4.69) is 15.9 Å². The van der Waals surface area contributed by atoms with Crippen LogP contribution in [0, 0.1) is 17.1 Å².